The van der Waals surface area contributed by atoms with Crippen LogP contribution in [-0.4, -0.2) is 69.5 Å². The second-order valence-corrected chi connectivity index (χ2v) is 8.15. The van der Waals surface area contributed by atoms with Gasteiger partial charge in [0.1, 0.15) is 0 Å². The molecule has 32 heavy (non-hydrogen) atoms. The van der Waals surface area contributed by atoms with Crippen LogP contribution in [0.3, 0.4) is 0 Å². The van der Waals surface area contributed by atoms with Crippen LogP contribution in [0, 0.1) is 6.92 Å². The van der Waals surface area contributed by atoms with Gasteiger partial charge >= 0.3 is 0 Å². The van der Waals surface area contributed by atoms with Crippen molar-refractivity contribution in [2.45, 2.75) is 26.4 Å². The highest BCUT2D eigenvalue weighted by atomic mass is 127. The Kier molecular flexibility index (Phi) is 11.5. The van der Waals surface area contributed by atoms with Gasteiger partial charge < -0.3 is 24.8 Å². The summed E-state index contributed by atoms with van der Waals surface area (Å²) in [5, 5.41) is 6.88. The molecular weight excluding hydrogens is 541 g/mol. The Hall–Kier alpha value is -1.63. The fourth-order valence-corrected chi connectivity index (χ4v) is 4.27. The molecule has 0 bridgehead atoms. The van der Waals surface area contributed by atoms with Crippen LogP contribution in [0.2, 0.25) is 0 Å². The topological polar surface area (TPSA) is 80.2 Å². The molecule has 2 heterocycles. The minimum Gasteiger partial charge on any atom is -0.493 e. The predicted octanol–water partition coefficient (Wildman–Crippen LogP) is 3.22. The van der Waals surface area contributed by atoms with Crippen LogP contribution < -0.4 is 20.1 Å². The molecule has 1 atom stereocenters. The third kappa shape index (κ3) is 7.19. The highest BCUT2D eigenvalue weighted by molar-refractivity contribution is 14.0. The molecule has 10 heteroatoms. The van der Waals surface area contributed by atoms with Crippen LogP contribution in [-0.2, 0) is 11.3 Å². The van der Waals surface area contributed by atoms with E-state index in [1.165, 1.54) is 10.4 Å². The lowest BCUT2D eigenvalue weighted by Crippen LogP contribution is -2.46. The smallest absolute Gasteiger partial charge is 0.191 e. The lowest BCUT2D eigenvalue weighted by Gasteiger charge is -2.35. The summed E-state index contributed by atoms with van der Waals surface area (Å²) in [6.07, 6.45) is 0. The first-order valence-corrected chi connectivity index (χ1v) is 11.5. The number of ether oxygens (including phenoxy) is 3. The molecule has 2 N–H and O–H groups in total. The Bertz CT molecular complexity index is 858. The summed E-state index contributed by atoms with van der Waals surface area (Å²) in [4.78, 5) is 12.7. The first-order chi connectivity index (χ1) is 15.2. The summed E-state index contributed by atoms with van der Waals surface area (Å²) in [7, 11) is 3.32. The Morgan fingerprint density at radius 2 is 1.97 bits per heavy atom. The summed E-state index contributed by atoms with van der Waals surface area (Å²) >= 11 is 1.64. The van der Waals surface area contributed by atoms with Gasteiger partial charge in [0.15, 0.2) is 17.5 Å². The van der Waals surface area contributed by atoms with E-state index in [0.29, 0.717) is 13.1 Å². The number of hydrogen-bond donors (Lipinski definition) is 2. The van der Waals surface area contributed by atoms with E-state index in [4.69, 9.17) is 19.2 Å². The van der Waals surface area contributed by atoms with Gasteiger partial charge in [-0.05, 0) is 31.5 Å². The van der Waals surface area contributed by atoms with Gasteiger partial charge in [0.2, 0.25) is 0 Å². The molecule has 2 aromatic rings. The number of thiazole rings is 1. The maximum atomic E-state index is 5.57. The van der Waals surface area contributed by atoms with Crippen LogP contribution in [0.5, 0.6) is 11.5 Å². The van der Waals surface area contributed by atoms with Crippen molar-refractivity contribution in [2.24, 2.45) is 4.99 Å². The van der Waals surface area contributed by atoms with Crippen molar-refractivity contribution in [2.75, 3.05) is 53.6 Å². The summed E-state index contributed by atoms with van der Waals surface area (Å²) < 4.78 is 16.5. The molecule has 0 aliphatic carbocycles. The summed E-state index contributed by atoms with van der Waals surface area (Å²) in [5.41, 5.74) is 4.08. The molecule has 1 fully saturated rings. The molecule has 1 aliphatic heterocycles. The van der Waals surface area contributed by atoms with Gasteiger partial charge in [0.25, 0.3) is 0 Å². The zero-order chi connectivity index (χ0) is 22.1. The molecule has 178 valence electrons. The standard InChI is InChI=1S/C22H33N5O3S.HI/c1-5-23-22(25-14-21-16(2)26-15-31-21)24-13-18(27-8-10-30-11-9-27)17-6-7-19(28-3)20(12-17)29-4;/h6-7,12,15,18H,5,8-11,13-14H2,1-4H3,(H2,23,24,25);1H. The zero-order valence-electron chi connectivity index (χ0n) is 19.2. The Balaban J connectivity index is 0.00000363. The van der Waals surface area contributed by atoms with E-state index >= 15 is 0 Å². The lowest BCUT2D eigenvalue weighted by atomic mass is 10.0. The van der Waals surface area contributed by atoms with Crippen LogP contribution in [0.1, 0.15) is 29.1 Å². The minimum atomic E-state index is 0. The molecule has 1 aliphatic rings. The number of nitrogens with zero attached hydrogens (tertiary/aromatic N) is 3. The molecule has 1 saturated heterocycles. The number of morpholine rings is 1. The molecule has 0 amide bonds. The molecule has 8 nitrogen and oxygen atoms in total. The molecule has 0 radical (unpaired) electrons. The minimum absolute atomic E-state index is 0. The Morgan fingerprint density at radius 1 is 1.22 bits per heavy atom. The average Bonchev–Trinajstić information content (AvgIpc) is 3.22. The monoisotopic (exact) mass is 575 g/mol. The number of guanidine groups is 1. The second kappa shape index (κ2) is 13.8. The Morgan fingerprint density at radius 3 is 2.59 bits per heavy atom. The predicted molar refractivity (Wildman–Crippen MR) is 140 cm³/mol. The van der Waals surface area contributed by atoms with Crippen molar-refractivity contribution >= 4 is 41.3 Å². The van der Waals surface area contributed by atoms with Crippen LogP contribution in [0.4, 0.5) is 0 Å². The molecule has 0 spiro atoms. The van der Waals surface area contributed by atoms with Crippen LogP contribution in [0.25, 0.3) is 0 Å². The van der Waals surface area contributed by atoms with Crippen molar-refractivity contribution in [1.29, 1.82) is 0 Å². The first kappa shape index (κ1) is 26.6. The van der Waals surface area contributed by atoms with Crippen molar-refractivity contribution in [3.05, 3.63) is 39.8 Å². The SMILES string of the molecule is CCNC(=NCc1scnc1C)NCC(c1ccc(OC)c(OC)c1)N1CCOCC1.I. The quantitative estimate of drug-likeness (QED) is 0.270. The van der Waals surface area contributed by atoms with Gasteiger partial charge in [-0.15, -0.1) is 35.3 Å². The van der Waals surface area contributed by atoms with E-state index in [-0.39, 0.29) is 30.0 Å². The normalized spacial score (nSPS) is 15.6. The summed E-state index contributed by atoms with van der Waals surface area (Å²) in [6.45, 7) is 9.46. The summed E-state index contributed by atoms with van der Waals surface area (Å²) in [5.74, 6) is 2.27. The summed E-state index contributed by atoms with van der Waals surface area (Å²) in [6, 6.07) is 6.28. The molecule has 1 unspecified atom stereocenters. The molecule has 1 aromatic heterocycles. The average molecular weight is 576 g/mol. The van der Waals surface area contributed by atoms with Gasteiger partial charge in [-0.2, -0.15) is 0 Å². The van der Waals surface area contributed by atoms with Gasteiger partial charge in [0, 0.05) is 31.1 Å². The van der Waals surface area contributed by atoms with E-state index in [2.05, 4.69) is 39.6 Å². The molecule has 1 aromatic carbocycles. The number of aliphatic imine (C=N–C) groups is 1. The van der Waals surface area contributed by atoms with Crippen molar-refractivity contribution < 1.29 is 14.2 Å². The first-order valence-electron chi connectivity index (χ1n) is 10.6. The molecule has 0 saturated carbocycles. The largest absolute Gasteiger partial charge is 0.493 e. The van der Waals surface area contributed by atoms with Gasteiger partial charge in [0.05, 0.1) is 51.2 Å². The second-order valence-electron chi connectivity index (χ2n) is 7.22. The number of hydrogen-bond acceptors (Lipinski definition) is 7. The maximum Gasteiger partial charge on any atom is 0.191 e. The fraction of sp³-hybridized carbons (Fsp3) is 0.545. The number of halogens is 1. The lowest BCUT2D eigenvalue weighted by molar-refractivity contribution is 0.0169. The van der Waals surface area contributed by atoms with E-state index in [0.717, 1.165) is 56.0 Å². The van der Waals surface area contributed by atoms with Gasteiger partial charge in [-0.3, -0.25) is 4.90 Å². The fourth-order valence-electron chi connectivity index (χ4n) is 3.57. The van der Waals surface area contributed by atoms with Crippen molar-refractivity contribution in [3.8, 4) is 11.5 Å². The van der Waals surface area contributed by atoms with E-state index < -0.39 is 0 Å². The highest BCUT2D eigenvalue weighted by Gasteiger charge is 2.24. The maximum absolute atomic E-state index is 5.57. The van der Waals surface area contributed by atoms with E-state index in [1.54, 1.807) is 25.6 Å². The van der Waals surface area contributed by atoms with Crippen LogP contribution in [0.15, 0.2) is 28.7 Å². The van der Waals surface area contributed by atoms with Gasteiger partial charge in [-0.25, -0.2) is 9.98 Å². The number of benzene rings is 1. The van der Waals surface area contributed by atoms with Gasteiger partial charge in [-0.1, -0.05) is 6.07 Å². The number of aromatic nitrogens is 1. The third-order valence-corrected chi connectivity index (χ3v) is 6.23. The van der Waals surface area contributed by atoms with Crippen LogP contribution >= 0.6 is 35.3 Å². The van der Waals surface area contributed by atoms with E-state index in [1.807, 2.05) is 18.5 Å². The Labute approximate surface area is 211 Å². The highest BCUT2D eigenvalue weighted by Crippen LogP contribution is 2.32. The number of methoxy groups -OCH3 is 2. The third-order valence-electron chi connectivity index (χ3n) is 5.31. The molecular formula is C22H34IN5O3S. The number of nitrogens with one attached hydrogen (secondary N) is 2. The zero-order valence-corrected chi connectivity index (χ0v) is 22.4. The number of aryl methyl sites for hydroxylation is 1. The number of rotatable bonds is 9. The van der Waals surface area contributed by atoms with Crippen molar-refractivity contribution in [3.63, 3.8) is 0 Å². The van der Waals surface area contributed by atoms with E-state index in [9.17, 15) is 0 Å². The molecule has 3 rings (SSSR count). The van der Waals surface area contributed by atoms with Crippen molar-refractivity contribution in [1.82, 2.24) is 20.5 Å².